The lowest BCUT2D eigenvalue weighted by Crippen LogP contribution is -2.35. The Balaban J connectivity index is 1.78. The van der Waals surface area contributed by atoms with Crippen LogP contribution in [0.4, 0.5) is 0 Å². The van der Waals surface area contributed by atoms with E-state index in [9.17, 15) is 9.90 Å². The summed E-state index contributed by atoms with van der Waals surface area (Å²) in [6.45, 7) is 3.73. The smallest absolute Gasteiger partial charge is 0.331 e. The van der Waals surface area contributed by atoms with E-state index in [1.807, 2.05) is 54.6 Å². The second-order valence-corrected chi connectivity index (χ2v) is 6.34. The molecular formula is C20H20N2O3. The van der Waals surface area contributed by atoms with Crippen LogP contribution < -0.4 is 4.74 Å². The molecule has 0 aliphatic heterocycles. The van der Waals surface area contributed by atoms with Gasteiger partial charge in [0.05, 0.1) is 6.20 Å². The zero-order valence-corrected chi connectivity index (χ0v) is 14.2. The average Bonchev–Trinajstić information content (AvgIpc) is 3.12. The first-order valence-electron chi connectivity index (χ1n) is 8.02. The quantitative estimate of drug-likeness (QED) is 0.740. The van der Waals surface area contributed by atoms with Crippen molar-refractivity contribution >= 4 is 5.97 Å². The standard InChI is InChI=1S/C20H20N2O3/c1-20(2,19(23)24)22-13-17(12-21-22)16-9-6-10-18(11-16)25-14-15-7-4-3-5-8-15/h3-13H,14H2,1-2H3,(H,23,24). The van der Waals surface area contributed by atoms with Gasteiger partial charge in [0.1, 0.15) is 12.4 Å². The van der Waals surface area contributed by atoms with Gasteiger partial charge in [-0.25, -0.2) is 4.79 Å². The molecule has 1 aromatic heterocycles. The Kier molecular flexibility index (Phi) is 4.57. The van der Waals surface area contributed by atoms with Crippen molar-refractivity contribution in [3.05, 3.63) is 72.6 Å². The van der Waals surface area contributed by atoms with Crippen LogP contribution in [0.5, 0.6) is 5.75 Å². The van der Waals surface area contributed by atoms with Gasteiger partial charge in [-0.3, -0.25) is 4.68 Å². The third kappa shape index (κ3) is 3.71. The van der Waals surface area contributed by atoms with Gasteiger partial charge in [0.25, 0.3) is 0 Å². The van der Waals surface area contributed by atoms with E-state index in [0.717, 1.165) is 22.4 Å². The van der Waals surface area contributed by atoms with E-state index in [2.05, 4.69) is 5.10 Å². The molecule has 25 heavy (non-hydrogen) atoms. The number of aliphatic carboxylic acids is 1. The van der Waals surface area contributed by atoms with Gasteiger partial charge in [0, 0.05) is 11.8 Å². The number of hydrogen-bond acceptors (Lipinski definition) is 3. The zero-order chi connectivity index (χ0) is 17.9. The van der Waals surface area contributed by atoms with E-state index in [4.69, 9.17) is 4.74 Å². The van der Waals surface area contributed by atoms with Gasteiger partial charge >= 0.3 is 5.97 Å². The summed E-state index contributed by atoms with van der Waals surface area (Å²) in [6, 6.07) is 17.7. The van der Waals surface area contributed by atoms with E-state index in [-0.39, 0.29) is 0 Å². The van der Waals surface area contributed by atoms with E-state index >= 15 is 0 Å². The predicted octanol–water partition coefficient (Wildman–Crippen LogP) is 3.95. The maximum absolute atomic E-state index is 11.4. The van der Waals surface area contributed by atoms with Gasteiger partial charge in [-0.05, 0) is 37.1 Å². The summed E-state index contributed by atoms with van der Waals surface area (Å²) in [6.07, 6.45) is 3.41. The van der Waals surface area contributed by atoms with Crippen LogP contribution in [0.2, 0.25) is 0 Å². The molecule has 0 saturated heterocycles. The average molecular weight is 336 g/mol. The molecule has 1 heterocycles. The van der Waals surface area contributed by atoms with Crippen LogP contribution in [-0.4, -0.2) is 20.9 Å². The van der Waals surface area contributed by atoms with E-state index in [1.54, 1.807) is 26.2 Å². The maximum atomic E-state index is 11.4. The van der Waals surface area contributed by atoms with Crippen LogP contribution in [0.15, 0.2) is 67.0 Å². The summed E-state index contributed by atoms with van der Waals surface area (Å²) in [5, 5.41) is 13.5. The third-order valence-electron chi connectivity index (χ3n) is 4.09. The zero-order valence-electron chi connectivity index (χ0n) is 14.2. The maximum Gasteiger partial charge on any atom is 0.331 e. The second-order valence-electron chi connectivity index (χ2n) is 6.34. The Labute approximate surface area is 146 Å². The predicted molar refractivity (Wildman–Crippen MR) is 95.4 cm³/mol. The Hall–Kier alpha value is -3.08. The Morgan fingerprint density at radius 3 is 2.60 bits per heavy atom. The summed E-state index contributed by atoms with van der Waals surface area (Å²) in [5.74, 6) is -0.173. The minimum absolute atomic E-state index is 0.496. The number of carboxylic acids is 1. The molecule has 3 rings (SSSR count). The lowest BCUT2D eigenvalue weighted by molar-refractivity contribution is -0.146. The normalized spacial score (nSPS) is 11.3. The lowest BCUT2D eigenvalue weighted by Gasteiger charge is -2.19. The van der Waals surface area contributed by atoms with Gasteiger partial charge in [-0.15, -0.1) is 0 Å². The highest BCUT2D eigenvalue weighted by molar-refractivity contribution is 5.76. The Morgan fingerprint density at radius 1 is 1.12 bits per heavy atom. The molecule has 0 atom stereocenters. The van der Waals surface area contributed by atoms with E-state index in [1.165, 1.54) is 4.68 Å². The summed E-state index contributed by atoms with van der Waals surface area (Å²) in [5.41, 5.74) is 1.78. The van der Waals surface area contributed by atoms with Gasteiger partial charge < -0.3 is 9.84 Å². The molecule has 0 amide bonds. The number of aromatic nitrogens is 2. The molecule has 0 aliphatic carbocycles. The molecule has 0 aliphatic rings. The molecule has 5 heteroatoms. The fourth-order valence-electron chi connectivity index (χ4n) is 2.38. The van der Waals surface area contributed by atoms with Crippen LogP contribution >= 0.6 is 0 Å². The number of hydrogen-bond donors (Lipinski definition) is 1. The molecule has 2 aromatic carbocycles. The Morgan fingerprint density at radius 2 is 1.88 bits per heavy atom. The van der Waals surface area contributed by atoms with Crippen molar-refractivity contribution < 1.29 is 14.6 Å². The molecule has 0 spiro atoms. The van der Waals surface area contributed by atoms with Crippen LogP contribution in [0.1, 0.15) is 19.4 Å². The lowest BCUT2D eigenvalue weighted by atomic mass is 10.1. The molecule has 0 unspecified atom stereocenters. The van der Waals surface area contributed by atoms with Crippen LogP contribution in [0, 0.1) is 0 Å². The molecule has 0 saturated carbocycles. The van der Waals surface area contributed by atoms with Crippen molar-refractivity contribution in [2.45, 2.75) is 26.0 Å². The molecule has 3 aromatic rings. The number of carboxylic acid groups (broad SMARTS) is 1. The monoisotopic (exact) mass is 336 g/mol. The highest BCUT2D eigenvalue weighted by Gasteiger charge is 2.30. The van der Waals surface area contributed by atoms with Gasteiger partial charge in [0.2, 0.25) is 0 Å². The summed E-state index contributed by atoms with van der Waals surface area (Å²) < 4.78 is 7.31. The van der Waals surface area contributed by atoms with Crippen molar-refractivity contribution in [3.8, 4) is 16.9 Å². The van der Waals surface area contributed by atoms with Gasteiger partial charge in [-0.1, -0.05) is 42.5 Å². The Bertz CT molecular complexity index is 869. The number of ether oxygens (including phenoxy) is 1. The van der Waals surface area contributed by atoms with Crippen molar-refractivity contribution in [3.63, 3.8) is 0 Å². The molecule has 0 bridgehead atoms. The van der Waals surface area contributed by atoms with E-state index < -0.39 is 11.5 Å². The van der Waals surface area contributed by atoms with Crippen molar-refractivity contribution in [1.82, 2.24) is 9.78 Å². The largest absolute Gasteiger partial charge is 0.489 e. The number of nitrogens with zero attached hydrogens (tertiary/aromatic N) is 2. The van der Waals surface area contributed by atoms with Crippen LogP contribution in [0.25, 0.3) is 11.1 Å². The third-order valence-corrected chi connectivity index (χ3v) is 4.09. The van der Waals surface area contributed by atoms with E-state index in [0.29, 0.717) is 6.61 Å². The first-order valence-corrected chi connectivity index (χ1v) is 8.02. The molecule has 1 N–H and O–H groups in total. The molecular weight excluding hydrogens is 316 g/mol. The van der Waals surface area contributed by atoms with Crippen LogP contribution in [0.3, 0.4) is 0 Å². The fraction of sp³-hybridized carbons (Fsp3) is 0.200. The van der Waals surface area contributed by atoms with Gasteiger partial charge in [0.15, 0.2) is 5.54 Å². The fourth-order valence-corrected chi connectivity index (χ4v) is 2.38. The van der Waals surface area contributed by atoms with Crippen LogP contribution in [-0.2, 0) is 16.9 Å². The molecule has 0 fully saturated rings. The SMILES string of the molecule is CC(C)(C(=O)O)n1cc(-c2cccc(OCc3ccccc3)c2)cn1. The topological polar surface area (TPSA) is 64.3 Å². The first kappa shape index (κ1) is 16.8. The number of carbonyl (C=O) groups is 1. The minimum atomic E-state index is -1.10. The molecule has 128 valence electrons. The number of rotatable bonds is 6. The van der Waals surface area contributed by atoms with Crippen molar-refractivity contribution in [1.29, 1.82) is 0 Å². The highest BCUT2D eigenvalue weighted by Crippen LogP contribution is 2.26. The summed E-state index contributed by atoms with van der Waals surface area (Å²) >= 11 is 0. The highest BCUT2D eigenvalue weighted by atomic mass is 16.5. The molecule has 0 radical (unpaired) electrons. The van der Waals surface area contributed by atoms with Gasteiger partial charge in [-0.2, -0.15) is 5.10 Å². The first-order chi connectivity index (χ1) is 12.0. The number of benzene rings is 2. The molecule has 5 nitrogen and oxygen atoms in total. The summed E-state index contributed by atoms with van der Waals surface area (Å²) in [4.78, 5) is 11.4. The summed E-state index contributed by atoms with van der Waals surface area (Å²) in [7, 11) is 0. The van der Waals surface area contributed by atoms with Crippen molar-refractivity contribution in [2.24, 2.45) is 0 Å². The van der Waals surface area contributed by atoms with Crippen molar-refractivity contribution in [2.75, 3.05) is 0 Å². The second kappa shape index (κ2) is 6.81. The minimum Gasteiger partial charge on any atom is -0.489 e.